The number of rotatable bonds is 6. The van der Waals surface area contributed by atoms with Crippen molar-refractivity contribution < 1.29 is 8.98 Å². The van der Waals surface area contributed by atoms with E-state index in [0.717, 1.165) is 63.8 Å². The Morgan fingerprint density at radius 1 is 0.868 bits per heavy atom. The SMILES string of the molecule is C=C(CC)[n+]1c(-c2c(CCC)ccc3c2oc2ccccc23)n(-c2c(C)cc(C)cc2C)c2ccccc21. The molecule has 0 saturated carbocycles. The summed E-state index contributed by atoms with van der Waals surface area (Å²) in [7, 11) is 0. The van der Waals surface area contributed by atoms with Gasteiger partial charge < -0.3 is 4.42 Å². The summed E-state index contributed by atoms with van der Waals surface area (Å²) in [6.07, 6.45) is 2.86. The van der Waals surface area contributed by atoms with Crippen molar-refractivity contribution in [2.45, 2.75) is 53.9 Å². The second kappa shape index (κ2) is 9.33. The molecule has 0 saturated heterocycles. The van der Waals surface area contributed by atoms with E-state index in [1.807, 2.05) is 6.07 Å². The van der Waals surface area contributed by atoms with Gasteiger partial charge in [0.15, 0.2) is 16.6 Å². The molecular weight excluding hydrogens is 464 g/mol. The summed E-state index contributed by atoms with van der Waals surface area (Å²) >= 11 is 0. The molecule has 190 valence electrons. The Morgan fingerprint density at radius 2 is 1.58 bits per heavy atom. The highest BCUT2D eigenvalue weighted by atomic mass is 16.3. The van der Waals surface area contributed by atoms with Gasteiger partial charge in [-0.1, -0.05) is 87.0 Å². The second-order valence-corrected chi connectivity index (χ2v) is 10.5. The first-order valence-electron chi connectivity index (χ1n) is 13.7. The molecule has 0 fully saturated rings. The molecule has 3 heteroatoms. The molecule has 0 radical (unpaired) electrons. The predicted molar refractivity (Wildman–Crippen MR) is 160 cm³/mol. The maximum absolute atomic E-state index is 6.70. The molecule has 0 amide bonds. The first-order chi connectivity index (χ1) is 18.4. The van der Waals surface area contributed by atoms with Crippen molar-refractivity contribution in [1.29, 1.82) is 0 Å². The smallest absolute Gasteiger partial charge is 0.304 e. The van der Waals surface area contributed by atoms with Gasteiger partial charge in [-0.25, -0.2) is 0 Å². The van der Waals surface area contributed by atoms with Crippen LogP contribution in [0.4, 0.5) is 0 Å². The van der Waals surface area contributed by atoms with Crippen molar-refractivity contribution in [2.75, 3.05) is 0 Å². The molecule has 0 aliphatic rings. The molecule has 0 bridgehead atoms. The van der Waals surface area contributed by atoms with Gasteiger partial charge in [0.05, 0.1) is 0 Å². The van der Waals surface area contributed by atoms with E-state index in [-0.39, 0.29) is 0 Å². The fourth-order valence-electron chi connectivity index (χ4n) is 6.18. The minimum Gasteiger partial charge on any atom is -0.455 e. The summed E-state index contributed by atoms with van der Waals surface area (Å²) in [6, 6.07) is 26.2. The molecule has 6 aromatic rings. The van der Waals surface area contributed by atoms with Crippen molar-refractivity contribution in [3.63, 3.8) is 0 Å². The van der Waals surface area contributed by atoms with E-state index in [9.17, 15) is 0 Å². The molecule has 0 N–H and O–H groups in total. The second-order valence-electron chi connectivity index (χ2n) is 10.5. The minimum absolute atomic E-state index is 0.844. The maximum Gasteiger partial charge on any atom is 0.304 e. The zero-order valence-electron chi connectivity index (χ0n) is 23.1. The van der Waals surface area contributed by atoms with Crippen LogP contribution in [-0.4, -0.2) is 4.57 Å². The molecule has 4 aromatic carbocycles. The lowest BCUT2D eigenvalue weighted by Gasteiger charge is -2.14. The number of furan rings is 1. The molecule has 6 rings (SSSR count). The van der Waals surface area contributed by atoms with Gasteiger partial charge in [-0.3, -0.25) is 0 Å². The zero-order chi connectivity index (χ0) is 26.6. The Kier molecular flexibility index (Phi) is 5.95. The van der Waals surface area contributed by atoms with Gasteiger partial charge in [0.1, 0.15) is 22.5 Å². The van der Waals surface area contributed by atoms with Crippen LogP contribution in [0.2, 0.25) is 0 Å². The van der Waals surface area contributed by atoms with Crippen LogP contribution in [0.1, 0.15) is 48.9 Å². The van der Waals surface area contributed by atoms with E-state index < -0.39 is 0 Å². The Bertz CT molecular complexity index is 1840. The summed E-state index contributed by atoms with van der Waals surface area (Å²) in [4.78, 5) is 0. The summed E-state index contributed by atoms with van der Waals surface area (Å²) in [6.45, 7) is 15.6. The highest BCUT2D eigenvalue weighted by molar-refractivity contribution is 6.10. The van der Waals surface area contributed by atoms with Gasteiger partial charge in [0.25, 0.3) is 0 Å². The average Bonchev–Trinajstić information content (AvgIpc) is 3.44. The first-order valence-corrected chi connectivity index (χ1v) is 13.7. The monoisotopic (exact) mass is 499 g/mol. The van der Waals surface area contributed by atoms with Crippen molar-refractivity contribution in [1.82, 2.24) is 4.57 Å². The summed E-state index contributed by atoms with van der Waals surface area (Å²) in [5.74, 6) is 1.11. The molecule has 38 heavy (non-hydrogen) atoms. The van der Waals surface area contributed by atoms with Gasteiger partial charge in [-0.2, -0.15) is 9.13 Å². The van der Waals surface area contributed by atoms with Gasteiger partial charge >= 0.3 is 5.82 Å². The highest BCUT2D eigenvalue weighted by Gasteiger charge is 2.34. The van der Waals surface area contributed by atoms with Crippen LogP contribution in [0.3, 0.4) is 0 Å². The van der Waals surface area contributed by atoms with Crippen LogP contribution >= 0.6 is 0 Å². The van der Waals surface area contributed by atoms with Crippen molar-refractivity contribution in [2.24, 2.45) is 0 Å². The molecule has 2 aromatic heterocycles. The Hall–Kier alpha value is -4.11. The Morgan fingerprint density at radius 3 is 2.32 bits per heavy atom. The third-order valence-corrected chi connectivity index (χ3v) is 7.75. The number of benzene rings is 4. The molecular formula is C35H35N2O+. The fourth-order valence-corrected chi connectivity index (χ4v) is 6.18. The summed E-state index contributed by atoms with van der Waals surface area (Å²) in [5.41, 5.74) is 12.7. The number of imidazole rings is 1. The normalized spacial score (nSPS) is 11.7. The van der Waals surface area contributed by atoms with E-state index in [2.05, 4.69) is 117 Å². The first kappa shape index (κ1) is 24.2. The number of aromatic nitrogens is 2. The van der Waals surface area contributed by atoms with Crippen LogP contribution in [0.15, 0.2) is 83.8 Å². The van der Waals surface area contributed by atoms with E-state index in [1.54, 1.807) is 0 Å². The number of hydrogen-bond acceptors (Lipinski definition) is 1. The standard InChI is InChI=1S/C35H35N2O/c1-7-13-26-18-19-28-27-14-9-12-17-31(27)38-34(28)32(26)35-36(25(6)8-2)29-15-10-11-16-30(29)37(35)33-23(4)20-22(3)21-24(33)5/h9-12,14-21H,6-8,13H2,1-5H3/q+1. The van der Waals surface area contributed by atoms with Crippen LogP contribution in [0.25, 0.3) is 55.7 Å². The molecule has 0 spiro atoms. The van der Waals surface area contributed by atoms with E-state index >= 15 is 0 Å². The molecule has 0 atom stereocenters. The van der Waals surface area contributed by atoms with E-state index in [1.165, 1.54) is 33.5 Å². The van der Waals surface area contributed by atoms with E-state index in [4.69, 9.17) is 4.42 Å². The third kappa shape index (κ3) is 3.60. The van der Waals surface area contributed by atoms with Crippen molar-refractivity contribution >= 4 is 38.7 Å². The Balaban J connectivity index is 1.88. The topological polar surface area (TPSA) is 21.9 Å². The largest absolute Gasteiger partial charge is 0.455 e. The fraction of sp³-hybridized carbons (Fsp3) is 0.229. The van der Waals surface area contributed by atoms with Crippen LogP contribution < -0.4 is 4.57 Å². The van der Waals surface area contributed by atoms with Crippen LogP contribution in [0, 0.1) is 20.8 Å². The lowest BCUT2D eigenvalue weighted by molar-refractivity contribution is -0.542. The van der Waals surface area contributed by atoms with E-state index in [0.29, 0.717) is 0 Å². The molecule has 0 aliphatic heterocycles. The number of fused-ring (bicyclic) bond motifs is 4. The average molecular weight is 500 g/mol. The lowest BCUT2D eigenvalue weighted by atomic mass is 9.98. The number of para-hydroxylation sites is 3. The molecule has 0 unspecified atom stereocenters. The van der Waals surface area contributed by atoms with Gasteiger partial charge in [-0.05, 0) is 62.1 Å². The number of hydrogen-bond donors (Lipinski definition) is 0. The zero-order valence-corrected chi connectivity index (χ0v) is 23.1. The summed E-state index contributed by atoms with van der Waals surface area (Å²) < 4.78 is 11.5. The number of aryl methyl sites for hydroxylation is 4. The quantitative estimate of drug-likeness (QED) is 0.209. The van der Waals surface area contributed by atoms with Gasteiger partial charge in [-0.15, -0.1) is 0 Å². The highest BCUT2D eigenvalue weighted by Crippen LogP contribution is 2.41. The number of nitrogens with zero attached hydrogens (tertiary/aromatic N) is 2. The number of allylic oxidation sites excluding steroid dienone is 1. The van der Waals surface area contributed by atoms with Gasteiger partial charge in [0, 0.05) is 17.2 Å². The molecule has 2 heterocycles. The maximum atomic E-state index is 6.70. The lowest BCUT2D eigenvalue weighted by Crippen LogP contribution is -2.34. The Labute approximate surface area is 224 Å². The third-order valence-electron chi connectivity index (χ3n) is 7.75. The minimum atomic E-state index is 0.844. The summed E-state index contributed by atoms with van der Waals surface area (Å²) in [5, 5.41) is 2.30. The van der Waals surface area contributed by atoms with Gasteiger partial charge in [0.2, 0.25) is 0 Å². The molecule has 0 aliphatic carbocycles. The van der Waals surface area contributed by atoms with Crippen LogP contribution in [0.5, 0.6) is 0 Å². The molecule has 3 nitrogen and oxygen atoms in total. The van der Waals surface area contributed by atoms with Crippen molar-refractivity contribution in [3.8, 4) is 17.1 Å². The van der Waals surface area contributed by atoms with Crippen LogP contribution in [-0.2, 0) is 6.42 Å². The predicted octanol–water partition coefficient (Wildman–Crippen LogP) is 9.24. The van der Waals surface area contributed by atoms with Crippen molar-refractivity contribution in [3.05, 3.63) is 102 Å².